The zero-order valence-corrected chi connectivity index (χ0v) is 10.3. The van der Waals surface area contributed by atoms with Gasteiger partial charge in [-0.1, -0.05) is 0 Å². The molecule has 94 valence electrons. The van der Waals surface area contributed by atoms with Crippen molar-refractivity contribution in [2.45, 2.75) is 18.8 Å². The smallest absolute Gasteiger partial charge is 0.141 e. The Kier molecular flexibility index (Phi) is 2.66. The lowest BCUT2D eigenvalue weighted by atomic mass is 9.93. The summed E-state index contributed by atoms with van der Waals surface area (Å²) in [7, 11) is 1.98. The van der Waals surface area contributed by atoms with Gasteiger partial charge in [-0.3, -0.25) is 0 Å². The van der Waals surface area contributed by atoms with Gasteiger partial charge in [0, 0.05) is 19.2 Å². The minimum Gasteiger partial charge on any atom is -0.492 e. The second-order valence-electron chi connectivity index (χ2n) is 4.69. The van der Waals surface area contributed by atoms with Crippen LogP contribution in [-0.2, 0) is 13.5 Å². The normalized spacial score (nSPS) is 18.2. The summed E-state index contributed by atoms with van der Waals surface area (Å²) in [5, 5.41) is 0. The Morgan fingerprint density at radius 2 is 2.39 bits per heavy atom. The van der Waals surface area contributed by atoms with E-state index in [1.165, 1.54) is 0 Å². The van der Waals surface area contributed by atoms with E-state index in [2.05, 4.69) is 9.97 Å². The molecule has 1 atom stereocenters. The van der Waals surface area contributed by atoms with Gasteiger partial charge in [-0.05, 0) is 25.0 Å². The van der Waals surface area contributed by atoms with Gasteiger partial charge >= 0.3 is 0 Å². The number of ether oxygens (including phenoxy) is 1. The number of hydrogen-bond donors (Lipinski definition) is 1. The highest BCUT2D eigenvalue weighted by molar-refractivity contribution is 5.41. The Morgan fingerprint density at radius 1 is 1.50 bits per heavy atom. The van der Waals surface area contributed by atoms with Crippen molar-refractivity contribution >= 4 is 5.82 Å². The third-order valence-corrected chi connectivity index (χ3v) is 3.23. The van der Waals surface area contributed by atoms with Crippen molar-refractivity contribution in [2.24, 2.45) is 7.05 Å². The van der Waals surface area contributed by atoms with Crippen LogP contribution < -0.4 is 10.5 Å². The number of nitrogen functional groups attached to an aromatic ring is 1. The highest BCUT2D eigenvalue weighted by Crippen LogP contribution is 2.34. The molecule has 3 rings (SSSR count). The molecule has 0 bridgehead atoms. The Bertz CT molecular complexity index is 564. The molecule has 1 unspecified atom stereocenters. The first kappa shape index (κ1) is 11.1. The Balaban J connectivity index is 1.88. The molecule has 5 nitrogen and oxygen atoms in total. The predicted octanol–water partition coefficient (Wildman–Crippen LogP) is 1.51. The van der Waals surface area contributed by atoms with E-state index in [1.54, 1.807) is 6.07 Å². The standard InChI is InChI=1S/C13H16N4O/c1-17-7-10(15-8-17)6-9-4-5-18-11-2-3-12(14)16-13(9)11/h2-3,7-9H,4-6H2,1H3,(H2,14,16). The largest absolute Gasteiger partial charge is 0.492 e. The van der Waals surface area contributed by atoms with Crippen LogP contribution in [0.2, 0.25) is 0 Å². The minimum atomic E-state index is 0.340. The number of rotatable bonds is 2. The average Bonchev–Trinajstić information content (AvgIpc) is 2.76. The van der Waals surface area contributed by atoms with E-state index in [1.807, 2.05) is 30.2 Å². The highest BCUT2D eigenvalue weighted by Gasteiger charge is 2.24. The lowest BCUT2D eigenvalue weighted by molar-refractivity contribution is 0.262. The monoisotopic (exact) mass is 244 g/mol. The van der Waals surface area contributed by atoms with Crippen LogP contribution in [0.15, 0.2) is 24.7 Å². The van der Waals surface area contributed by atoms with Crippen LogP contribution in [-0.4, -0.2) is 21.1 Å². The van der Waals surface area contributed by atoms with Crippen molar-refractivity contribution in [1.29, 1.82) is 0 Å². The summed E-state index contributed by atoms with van der Waals surface area (Å²) in [6.07, 6.45) is 5.71. The van der Waals surface area contributed by atoms with Crippen molar-refractivity contribution in [1.82, 2.24) is 14.5 Å². The first-order valence-corrected chi connectivity index (χ1v) is 6.08. The van der Waals surface area contributed by atoms with Gasteiger partial charge < -0.3 is 15.0 Å². The molecule has 0 saturated carbocycles. The fourth-order valence-electron chi connectivity index (χ4n) is 2.36. The molecule has 2 aromatic heterocycles. The minimum absolute atomic E-state index is 0.340. The molecule has 1 aliphatic heterocycles. The zero-order valence-electron chi connectivity index (χ0n) is 10.3. The number of fused-ring (bicyclic) bond motifs is 1. The van der Waals surface area contributed by atoms with Crippen LogP contribution in [0.5, 0.6) is 5.75 Å². The van der Waals surface area contributed by atoms with Crippen molar-refractivity contribution in [3.63, 3.8) is 0 Å². The molecule has 0 amide bonds. The van der Waals surface area contributed by atoms with Crippen molar-refractivity contribution in [2.75, 3.05) is 12.3 Å². The summed E-state index contributed by atoms with van der Waals surface area (Å²) in [6.45, 7) is 0.732. The summed E-state index contributed by atoms with van der Waals surface area (Å²) in [5.74, 6) is 1.74. The van der Waals surface area contributed by atoms with Crippen LogP contribution in [0.4, 0.5) is 5.82 Å². The quantitative estimate of drug-likeness (QED) is 0.869. The van der Waals surface area contributed by atoms with Gasteiger partial charge in [0.15, 0.2) is 0 Å². The second-order valence-corrected chi connectivity index (χ2v) is 4.69. The molecule has 0 radical (unpaired) electrons. The maximum absolute atomic E-state index is 5.76. The number of nitrogens with two attached hydrogens (primary N) is 1. The van der Waals surface area contributed by atoms with E-state index in [4.69, 9.17) is 10.5 Å². The third kappa shape index (κ3) is 2.03. The summed E-state index contributed by atoms with van der Waals surface area (Å²) < 4.78 is 7.57. The first-order valence-electron chi connectivity index (χ1n) is 6.08. The van der Waals surface area contributed by atoms with Crippen molar-refractivity contribution in [3.05, 3.63) is 36.0 Å². The molecule has 5 heteroatoms. The zero-order chi connectivity index (χ0) is 12.5. The first-order chi connectivity index (χ1) is 8.72. The molecule has 0 aliphatic carbocycles. The maximum atomic E-state index is 5.76. The highest BCUT2D eigenvalue weighted by atomic mass is 16.5. The summed E-state index contributed by atoms with van der Waals surface area (Å²) in [6, 6.07) is 3.68. The SMILES string of the molecule is Cn1cnc(CC2CCOc3ccc(N)nc32)c1. The molecule has 1 aliphatic rings. The van der Waals surface area contributed by atoms with Gasteiger partial charge in [-0.15, -0.1) is 0 Å². The number of aryl methyl sites for hydroxylation is 1. The molecule has 0 fully saturated rings. The number of imidazole rings is 1. The van der Waals surface area contributed by atoms with E-state index in [9.17, 15) is 0 Å². The summed E-state index contributed by atoms with van der Waals surface area (Å²) in [5.41, 5.74) is 7.80. The van der Waals surface area contributed by atoms with Gasteiger partial charge in [0.2, 0.25) is 0 Å². The average molecular weight is 244 g/mol. The van der Waals surface area contributed by atoms with E-state index in [0.29, 0.717) is 11.7 Å². The Labute approximate surface area is 106 Å². The molecule has 3 heterocycles. The Hall–Kier alpha value is -2.04. The van der Waals surface area contributed by atoms with Crippen molar-refractivity contribution < 1.29 is 4.74 Å². The molecule has 0 spiro atoms. The van der Waals surface area contributed by atoms with Crippen molar-refractivity contribution in [3.8, 4) is 5.75 Å². The van der Waals surface area contributed by atoms with E-state index >= 15 is 0 Å². The van der Waals surface area contributed by atoms with Gasteiger partial charge in [-0.25, -0.2) is 9.97 Å². The number of nitrogens with zero attached hydrogens (tertiary/aromatic N) is 3. The van der Waals surface area contributed by atoms with Gasteiger partial charge in [-0.2, -0.15) is 0 Å². The van der Waals surface area contributed by atoms with E-state index in [0.717, 1.165) is 36.6 Å². The summed E-state index contributed by atoms with van der Waals surface area (Å²) in [4.78, 5) is 8.78. The molecule has 0 saturated heterocycles. The van der Waals surface area contributed by atoms with Gasteiger partial charge in [0.1, 0.15) is 11.6 Å². The van der Waals surface area contributed by atoms with Gasteiger partial charge in [0.25, 0.3) is 0 Å². The number of aromatic nitrogens is 3. The lowest BCUT2D eigenvalue weighted by Gasteiger charge is -2.24. The van der Waals surface area contributed by atoms with Crippen LogP contribution in [0, 0.1) is 0 Å². The number of pyridine rings is 1. The molecule has 0 aromatic carbocycles. The third-order valence-electron chi connectivity index (χ3n) is 3.23. The van der Waals surface area contributed by atoms with Crippen LogP contribution in [0.1, 0.15) is 23.7 Å². The molecular formula is C13H16N4O. The Morgan fingerprint density at radius 3 is 3.17 bits per heavy atom. The van der Waals surface area contributed by atoms with E-state index < -0.39 is 0 Å². The molecule has 2 N–H and O–H groups in total. The summed E-state index contributed by atoms with van der Waals surface area (Å²) >= 11 is 0. The van der Waals surface area contributed by atoms with Crippen LogP contribution in [0.3, 0.4) is 0 Å². The number of anilines is 1. The van der Waals surface area contributed by atoms with E-state index in [-0.39, 0.29) is 0 Å². The second kappa shape index (κ2) is 4.33. The molecular weight excluding hydrogens is 228 g/mol. The number of hydrogen-bond acceptors (Lipinski definition) is 4. The molecule has 18 heavy (non-hydrogen) atoms. The lowest BCUT2D eigenvalue weighted by Crippen LogP contribution is -2.18. The maximum Gasteiger partial charge on any atom is 0.141 e. The van der Waals surface area contributed by atoms with Crippen LogP contribution in [0.25, 0.3) is 0 Å². The molecule has 2 aromatic rings. The fraction of sp³-hybridized carbons (Fsp3) is 0.385. The topological polar surface area (TPSA) is 66.0 Å². The van der Waals surface area contributed by atoms with Gasteiger partial charge in [0.05, 0.1) is 24.3 Å². The fourth-order valence-corrected chi connectivity index (χ4v) is 2.36. The predicted molar refractivity (Wildman–Crippen MR) is 68.4 cm³/mol. The van der Waals surface area contributed by atoms with Crippen LogP contribution >= 0.6 is 0 Å².